The molecule has 0 unspecified atom stereocenters. The second-order valence-electron chi connectivity index (χ2n) is 5.33. The van der Waals surface area contributed by atoms with Gasteiger partial charge in [0.15, 0.2) is 0 Å². The summed E-state index contributed by atoms with van der Waals surface area (Å²) >= 11 is 1.66. The van der Waals surface area contributed by atoms with E-state index in [1.165, 1.54) is 9.18 Å². The normalized spacial score (nSPS) is 17.5. The van der Waals surface area contributed by atoms with E-state index in [-0.39, 0.29) is 13.1 Å². The van der Waals surface area contributed by atoms with E-state index in [0.717, 1.165) is 24.7 Å². The van der Waals surface area contributed by atoms with Crippen LogP contribution in [0.15, 0.2) is 40.6 Å². The van der Waals surface area contributed by atoms with Crippen molar-refractivity contribution in [2.24, 2.45) is 0 Å². The summed E-state index contributed by atoms with van der Waals surface area (Å²) < 4.78 is 53.2. The minimum atomic E-state index is -4.01. The first kappa shape index (κ1) is 16.5. The molecular weight excluding hydrogens is 342 g/mol. The smallest absolute Gasteiger partial charge is 0.246 e. The molecule has 8 heteroatoms. The van der Waals surface area contributed by atoms with Gasteiger partial charge in [-0.1, -0.05) is 6.07 Å². The Labute approximate surface area is 138 Å². The monoisotopic (exact) mass is 358 g/mol. The van der Waals surface area contributed by atoms with Crippen LogP contribution >= 0.6 is 11.3 Å². The van der Waals surface area contributed by atoms with E-state index in [9.17, 15) is 17.2 Å². The number of thiophene rings is 1. The summed E-state index contributed by atoms with van der Waals surface area (Å²) in [5.74, 6) is -1.69. The highest BCUT2D eigenvalue weighted by molar-refractivity contribution is 7.89. The van der Waals surface area contributed by atoms with Crippen LogP contribution in [0.1, 0.15) is 4.88 Å². The van der Waals surface area contributed by atoms with Crippen molar-refractivity contribution in [1.82, 2.24) is 9.21 Å². The lowest BCUT2D eigenvalue weighted by molar-refractivity contribution is 0.182. The molecule has 4 nitrogen and oxygen atoms in total. The van der Waals surface area contributed by atoms with Crippen LogP contribution in [0.5, 0.6) is 0 Å². The Bertz CT molecular complexity index is 771. The first-order valence-electron chi connectivity index (χ1n) is 7.17. The van der Waals surface area contributed by atoms with Gasteiger partial charge in [0, 0.05) is 37.6 Å². The molecule has 0 bridgehead atoms. The average Bonchev–Trinajstić information content (AvgIpc) is 3.03. The van der Waals surface area contributed by atoms with Crippen LogP contribution in [0, 0.1) is 11.6 Å². The average molecular weight is 358 g/mol. The molecule has 0 spiro atoms. The number of hydrogen-bond donors (Lipinski definition) is 0. The number of halogens is 2. The highest BCUT2D eigenvalue weighted by Crippen LogP contribution is 2.22. The maximum Gasteiger partial charge on any atom is 0.246 e. The minimum Gasteiger partial charge on any atom is -0.296 e. The summed E-state index contributed by atoms with van der Waals surface area (Å²) in [6.07, 6.45) is 0. The third kappa shape index (κ3) is 3.60. The van der Waals surface area contributed by atoms with Crippen molar-refractivity contribution >= 4 is 21.4 Å². The maximum atomic E-state index is 13.8. The summed E-state index contributed by atoms with van der Waals surface area (Å²) in [7, 11) is -4.01. The summed E-state index contributed by atoms with van der Waals surface area (Å²) in [6.45, 7) is 2.44. The fourth-order valence-electron chi connectivity index (χ4n) is 2.56. The van der Waals surface area contributed by atoms with Gasteiger partial charge in [-0.3, -0.25) is 4.90 Å². The summed E-state index contributed by atoms with van der Waals surface area (Å²) in [5, 5.41) is 2.00. The largest absolute Gasteiger partial charge is 0.296 e. The molecule has 1 aromatic heterocycles. The van der Waals surface area contributed by atoms with Crippen LogP contribution in [0.4, 0.5) is 8.78 Å². The van der Waals surface area contributed by atoms with Gasteiger partial charge in [0.2, 0.25) is 10.0 Å². The molecule has 2 aromatic rings. The van der Waals surface area contributed by atoms with Crippen molar-refractivity contribution in [2.45, 2.75) is 11.4 Å². The number of rotatable bonds is 4. The van der Waals surface area contributed by atoms with E-state index in [4.69, 9.17) is 0 Å². The predicted molar refractivity (Wildman–Crippen MR) is 84.7 cm³/mol. The van der Waals surface area contributed by atoms with Crippen LogP contribution in [0.25, 0.3) is 0 Å². The standard InChI is InChI=1S/C15H16F2N2O2S2/c16-12-3-4-14(17)15(10-12)23(20,21)19-7-5-18(6-8-19)11-13-2-1-9-22-13/h1-4,9-10H,5-8,11H2. The van der Waals surface area contributed by atoms with Crippen LogP contribution in [-0.2, 0) is 16.6 Å². The van der Waals surface area contributed by atoms with Gasteiger partial charge in [0.1, 0.15) is 16.5 Å². The topological polar surface area (TPSA) is 40.6 Å². The van der Waals surface area contributed by atoms with Gasteiger partial charge in [-0.15, -0.1) is 11.3 Å². The molecule has 1 saturated heterocycles. The number of hydrogen-bond acceptors (Lipinski definition) is 4. The van der Waals surface area contributed by atoms with Crippen molar-refractivity contribution in [2.75, 3.05) is 26.2 Å². The van der Waals surface area contributed by atoms with Gasteiger partial charge in [0.25, 0.3) is 0 Å². The molecule has 1 aliphatic rings. The van der Waals surface area contributed by atoms with Gasteiger partial charge in [-0.05, 0) is 29.6 Å². The van der Waals surface area contributed by atoms with Crippen LogP contribution in [-0.4, -0.2) is 43.8 Å². The molecule has 0 aliphatic carbocycles. The number of benzene rings is 1. The zero-order valence-corrected chi connectivity index (χ0v) is 13.9. The van der Waals surface area contributed by atoms with Gasteiger partial charge in [-0.2, -0.15) is 4.31 Å². The molecular formula is C15H16F2N2O2S2. The highest BCUT2D eigenvalue weighted by Gasteiger charge is 2.31. The third-order valence-electron chi connectivity index (χ3n) is 3.80. The Kier molecular flexibility index (Phi) is 4.77. The molecule has 23 heavy (non-hydrogen) atoms. The molecule has 0 atom stereocenters. The quantitative estimate of drug-likeness (QED) is 0.843. The van der Waals surface area contributed by atoms with Gasteiger partial charge >= 0.3 is 0 Å². The number of piperazine rings is 1. The van der Waals surface area contributed by atoms with Crippen molar-refractivity contribution in [1.29, 1.82) is 0 Å². The zero-order chi connectivity index (χ0) is 16.4. The Morgan fingerprint density at radius 3 is 2.48 bits per heavy atom. The van der Waals surface area contributed by atoms with E-state index >= 15 is 0 Å². The van der Waals surface area contributed by atoms with Crippen LogP contribution in [0.3, 0.4) is 0 Å². The zero-order valence-electron chi connectivity index (χ0n) is 12.3. The summed E-state index contributed by atoms with van der Waals surface area (Å²) in [6, 6.07) is 6.51. The highest BCUT2D eigenvalue weighted by atomic mass is 32.2. The molecule has 0 N–H and O–H groups in total. The lowest BCUT2D eigenvalue weighted by Crippen LogP contribution is -2.48. The third-order valence-corrected chi connectivity index (χ3v) is 6.58. The van der Waals surface area contributed by atoms with E-state index in [1.54, 1.807) is 11.3 Å². The molecule has 1 aromatic carbocycles. The fraction of sp³-hybridized carbons (Fsp3) is 0.333. The number of nitrogens with zero attached hydrogens (tertiary/aromatic N) is 2. The Morgan fingerprint density at radius 1 is 1.09 bits per heavy atom. The van der Waals surface area contributed by atoms with Gasteiger partial charge in [0.05, 0.1) is 0 Å². The van der Waals surface area contributed by atoms with Gasteiger partial charge < -0.3 is 0 Å². The summed E-state index contributed by atoms with van der Waals surface area (Å²) in [4.78, 5) is 2.78. The summed E-state index contributed by atoms with van der Waals surface area (Å²) in [5.41, 5.74) is 0. The van der Waals surface area contributed by atoms with E-state index in [1.807, 2.05) is 17.5 Å². The maximum absolute atomic E-state index is 13.8. The SMILES string of the molecule is O=S(=O)(c1cc(F)ccc1F)N1CCN(Cc2cccs2)CC1. The van der Waals surface area contributed by atoms with Crippen LogP contribution < -0.4 is 0 Å². The lowest BCUT2D eigenvalue weighted by Gasteiger charge is -2.33. The molecule has 0 radical (unpaired) electrons. The van der Waals surface area contributed by atoms with E-state index in [2.05, 4.69) is 4.90 Å². The van der Waals surface area contributed by atoms with E-state index < -0.39 is 26.6 Å². The van der Waals surface area contributed by atoms with Gasteiger partial charge in [-0.25, -0.2) is 17.2 Å². The van der Waals surface area contributed by atoms with Crippen molar-refractivity contribution in [3.8, 4) is 0 Å². The van der Waals surface area contributed by atoms with E-state index in [0.29, 0.717) is 13.1 Å². The van der Waals surface area contributed by atoms with Crippen molar-refractivity contribution < 1.29 is 17.2 Å². The second-order valence-corrected chi connectivity index (χ2v) is 8.27. The molecule has 3 rings (SSSR count). The molecule has 1 aliphatic heterocycles. The molecule has 0 amide bonds. The first-order chi connectivity index (χ1) is 11.0. The Morgan fingerprint density at radius 2 is 1.83 bits per heavy atom. The first-order valence-corrected chi connectivity index (χ1v) is 9.49. The molecule has 1 fully saturated rings. The van der Waals surface area contributed by atoms with Crippen molar-refractivity contribution in [3.63, 3.8) is 0 Å². The number of sulfonamides is 1. The Hall–Kier alpha value is -1.35. The minimum absolute atomic E-state index is 0.268. The fourth-order valence-corrected chi connectivity index (χ4v) is 4.81. The van der Waals surface area contributed by atoms with Crippen molar-refractivity contribution in [3.05, 3.63) is 52.2 Å². The molecule has 124 valence electrons. The second kappa shape index (κ2) is 6.64. The van der Waals surface area contributed by atoms with Crippen LogP contribution in [0.2, 0.25) is 0 Å². The Balaban J connectivity index is 1.70. The predicted octanol–water partition coefficient (Wildman–Crippen LogP) is 2.53. The lowest BCUT2D eigenvalue weighted by atomic mass is 10.3. The molecule has 2 heterocycles. The molecule has 0 saturated carbocycles.